The third kappa shape index (κ3) is 31.4. The van der Waals surface area contributed by atoms with E-state index in [1.807, 2.05) is 18.2 Å². The summed E-state index contributed by atoms with van der Waals surface area (Å²) in [5, 5.41) is 8.74. The summed E-state index contributed by atoms with van der Waals surface area (Å²) in [5.74, 6) is -0.914. The first kappa shape index (κ1) is 38.9. The summed E-state index contributed by atoms with van der Waals surface area (Å²) in [7, 11) is 0. The van der Waals surface area contributed by atoms with Crippen molar-refractivity contribution in [3.63, 3.8) is 0 Å². The van der Waals surface area contributed by atoms with Gasteiger partial charge >= 0.3 is 11.9 Å². The number of esters is 1. The molecule has 0 fully saturated rings. The molecule has 0 aromatic heterocycles. The second-order valence-corrected chi connectivity index (χ2v) is 10.2. The monoisotopic (exact) mass is 578 g/mol. The van der Waals surface area contributed by atoms with E-state index in [0.717, 1.165) is 96.3 Å². The van der Waals surface area contributed by atoms with E-state index in [9.17, 15) is 9.59 Å². The summed E-state index contributed by atoms with van der Waals surface area (Å²) in [4.78, 5) is 23.1. The molecule has 0 heterocycles. The van der Waals surface area contributed by atoms with E-state index in [1.165, 1.54) is 0 Å². The second-order valence-electron chi connectivity index (χ2n) is 10.2. The van der Waals surface area contributed by atoms with Crippen molar-refractivity contribution in [2.45, 2.75) is 129 Å². The Kier molecular flexibility index (Phi) is 30.0. The summed E-state index contributed by atoms with van der Waals surface area (Å²) in [6.45, 7) is 4.28. The molecule has 0 spiro atoms. The predicted octanol–water partition coefficient (Wildman–Crippen LogP) is 11.1. The maximum atomic E-state index is 12.5. The Morgan fingerprint density at radius 2 is 0.952 bits per heavy atom. The number of carbonyl (C=O) groups is 2. The molecule has 1 atom stereocenters. The average Bonchev–Trinajstić information content (AvgIpc) is 2.97. The normalized spacial score (nSPS) is 13.6. The molecule has 4 heteroatoms. The number of rotatable bonds is 27. The smallest absolute Gasteiger partial charge is 0.310 e. The topological polar surface area (TPSA) is 63.6 Å². The Morgan fingerprint density at radius 1 is 0.548 bits per heavy atom. The van der Waals surface area contributed by atoms with Crippen LogP contribution in [0.15, 0.2) is 97.2 Å². The molecule has 0 saturated heterocycles. The summed E-state index contributed by atoms with van der Waals surface area (Å²) < 4.78 is 5.79. The molecule has 4 nitrogen and oxygen atoms in total. The van der Waals surface area contributed by atoms with Crippen molar-refractivity contribution in [3.05, 3.63) is 97.2 Å². The first-order chi connectivity index (χ1) is 20.6. The van der Waals surface area contributed by atoms with Crippen LogP contribution in [0.25, 0.3) is 0 Å². The van der Waals surface area contributed by atoms with Gasteiger partial charge in [-0.05, 0) is 76.7 Å². The van der Waals surface area contributed by atoms with Crippen LogP contribution < -0.4 is 0 Å². The molecule has 0 aliphatic rings. The van der Waals surface area contributed by atoms with E-state index in [-0.39, 0.29) is 24.9 Å². The number of allylic oxidation sites excluding steroid dienone is 14. The molecule has 0 aromatic rings. The SMILES string of the molecule is CC/C=C\C/C=C\C/C=C\C/C=C\C/C=C\CC(=O)OC(/C=C\C/C=C\C/C=C\CC)CCCCCCCCC(=O)O. The molecular weight excluding hydrogens is 520 g/mol. The summed E-state index contributed by atoms with van der Waals surface area (Å²) in [5.41, 5.74) is 0. The Morgan fingerprint density at radius 3 is 1.43 bits per heavy atom. The van der Waals surface area contributed by atoms with Crippen molar-refractivity contribution in [2.24, 2.45) is 0 Å². The molecule has 1 unspecified atom stereocenters. The minimum Gasteiger partial charge on any atom is -0.481 e. The fourth-order valence-electron chi connectivity index (χ4n) is 4.01. The summed E-state index contributed by atoms with van der Waals surface area (Å²) in [6.07, 6.45) is 48.7. The van der Waals surface area contributed by atoms with Crippen LogP contribution in [0.5, 0.6) is 0 Å². The highest BCUT2D eigenvalue weighted by Crippen LogP contribution is 2.13. The molecule has 234 valence electrons. The van der Waals surface area contributed by atoms with Crippen molar-refractivity contribution < 1.29 is 19.4 Å². The fraction of sp³-hybridized carbons (Fsp3) is 0.526. The lowest BCUT2D eigenvalue weighted by Gasteiger charge is -2.14. The van der Waals surface area contributed by atoms with Gasteiger partial charge < -0.3 is 9.84 Å². The standard InChI is InChI=1S/C38H58O4/c1-3-5-7-9-11-13-14-15-16-17-18-19-21-27-31-35-38(41)42-36(32-28-24-20-12-10-8-6-4-2)33-29-25-22-23-26-30-34-37(39)40/h5-8,11-13,15-16,18-20,27-28,31-32,36H,3-4,9-10,14,17,21-26,29-30,33-35H2,1-2H3,(H,39,40)/b7-5-,8-6-,13-11-,16-15-,19-18-,20-12-,31-27-,32-28-. The highest BCUT2D eigenvalue weighted by molar-refractivity contribution is 5.71. The quantitative estimate of drug-likeness (QED) is 0.0598. The summed E-state index contributed by atoms with van der Waals surface area (Å²) >= 11 is 0. The number of unbranched alkanes of at least 4 members (excludes halogenated alkanes) is 5. The van der Waals surface area contributed by atoms with Crippen molar-refractivity contribution in [2.75, 3.05) is 0 Å². The molecule has 0 bridgehead atoms. The number of aliphatic carboxylic acids is 1. The third-order valence-electron chi connectivity index (χ3n) is 6.32. The van der Waals surface area contributed by atoms with Crippen LogP contribution in [0, 0.1) is 0 Å². The molecular formula is C38H58O4. The lowest BCUT2D eigenvalue weighted by Crippen LogP contribution is -2.15. The van der Waals surface area contributed by atoms with Crippen LogP contribution in [-0.2, 0) is 14.3 Å². The number of carboxylic acid groups (broad SMARTS) is 1. The van der Waals surface area contributed by atoms with Gasteiger partial charge in [0.25, 0.3) is 0 Å². The van der Waals surface area contributed by atoms with Crippen LogP contribution >= 0.6 is 0 Å². The molecule has 0 amide bonds. The van der Waals surface area contributed by atoms with Crippen LogP contribution in [0.1, 0.15) is 123 Å². The molecule has 0 aliphatic heterocycles. The van der Waals surface area contributed by atoms with E-state index in [4.69, 9.17) is 9.84 Å². The van der Waals surface area contributed by atoms with E-state index >= 15 is 0 Å². The molecule has 1 N–H and O–H groups in total. The van der Waals surface area contributed by atoms with Gasteiger partial charge in [-0.25, -0.2) is 0 Å². The average molecular weight is 579 g/mol. The fourth-order valence-corrected chi connectivity index (χ4v) is 4.01. The number of carbonyl (C=O) groups excluding carboxylic acids is 1. The van der Waals surface area contributed by atoms with Crippen molar-refractivity contribution in [3.8, 4) is 0 Å². The van der Waals surface area contributed by atoms with Crippen LogP contribution in [-0.4, -0.2) is 23.1 Å². The van der Waals surface area contributed by atoms with E-state index in [1.54, 1.807) is 0 Å². The van der Waals surface area contributed by atoms with Gasteiger partial charge in [0, 0.05) is 6.42 Å². The van der Waals surface area contributed by atoms with Crippen molar-refractivity contribution in [1.29, 1.82) is 0 Å². The molecule has 0 radical (unpaired) electrons. The number of hydrogen-bond donors (Lipinski definition) is 1. The zero-order chi connectivity index (χ0) is 30.8. The van der Waals surface area contributed by atoms with Crippen molar-refractivity contribution >= 4 is 11.9 Å². The Balaban J connectivity index is 4.39. The minimum absolute atomic E-state index is 0.194. The van der Waals surface area contributed by atoms with Crippen LogP contribution in [0.2, 0.25) is 0 Å². The number of hydrogen-bond acceptors (Lipinski definition) is 3. The first-order valence-corrected chi connectivity index (χ1v) is 16.2. The zero-order valence-electron chi connectivity index (χ0n) is 26.5. The highest BCUT2D eigenvalue weighted by Gasteiger charge is 2.10. The first-order valence-electron chi connectivity index (χ1n) is 16.2. The lowest BCUT2D eigenvalue weighted by atomic mass is 10.1. The summed E-state index contributed by atoms with van der Waals surface area (Å²) in [6, 6.07) is 0. The van der Waals surface area contributed by atoms with E-state index < -0.39 is 5.97 Å². The lowest BCUT2D eigenvalue weighted by molar-refractivity contribution is -0.146. The van der Waals surface area contributed by atoms with Gasteiger partial charge in [-0.15, -0.1) is 0 Å². The van der Waals surface area contributed by atoms with E-state index in [2.05, 4.69) is 92.8 Å². The molecule has 0 saturated carbocycles. The number of carboxylic acids is 1. The third-order valence-corrected chi connectivity index (χ3v) is 6.32. The van der Waals surface area contributed by atoms with Gasteiger partial charge in [-0.3, -0.25) is 9.59 Å². The zero-order valence-corrected chi connectivity index (χ0v) is 26.5. The Labute approximate surface area is 257 Å². The Bertz CT molecular complexity index is 883. The van der Waals surface area contributed by atoms with Gasteiger partial charge in [-0.1, -0.05) is 131 Å². The molecule has 0 aliphatic carbocycles. The van der Waals surface area contributed by atoms with Gasteiger partial charge in [0.05, 0.1) is 6.42 Å². The Hall–Kier alpha value is -3.14. The van der Waals surface area contributed by atoms with Crippen LogP contribution in [0.4, 0.5) is 0 Å². The largest absolute Gasteiger partial charge is 0.481 e. The maximum Gasteiger partial charge on any atom is 0.310 e. The second kappa shape index (κ2) is 32.4. The minimum atomic E-state index is -0.719. The van der Waals surface area contributed by atoms with Gasteiger partial charge in [0.1, 0.15) is 6.10 Å². The number of ether oxygens (including phenoxy) is 1. The predicted molar refractivity (Wildman–Crippen MR) is 180 cm³/mol. The van der Waals surface area contributed by atoms with Gasteiger partial charge in [0.15, 0.2) is 0 Å². The molecule has 0 rings (SSSR count). The molecule has 0 aromatic carbocycles. The maximum absolute atomic E-state index is 12.5. The van der Waals surface area contributed by atoms with Crippen LogP contribution in [0.3, 0.4) is 0 Å². The van der Waals surface area contributed by atoms with Gasteiger partial charge in [0.2, 0.25) is 0 Å². The van der Waals surface area contributed by atoms with Gasteiger partial charge in [-0.2, -0.15) is 0 Å². The highest BCUT2D eigenvalue weighted by atomic mass is 16.5. The molecule has 42 heavy (non-hydrogen) atoms. The van der Waals surface area contributed by atoms with Crippen molar-refractivity contribution in [1.82, 2.24) is 0 Å². The van der Waals surface area contributed by atoms with E-state index in [0.29, 0.717) is 0 Å².